The Kier molecular flexibility index (Phi) is 5.39. The summed E-state index contributed by atoms with van der Waals surface area (Å²) in [5.41, 5.74) is 4.91. The van der Waals surface area contributed by atoms with E-state index in [9.17, 15) is 0 Å². The molecule has 1 aliphatic rings. The molecule has 0 N–H and O–H groups in total. The summed E-state index contributed by atoms with van der Waals surface area (Å²) in [6.07, 6.45) is 6.24. The van der Waals surface area contributed by atoms with Crippen molar-refractivity contribution in [3.63, 3.8) is 0 Å². The van der Waals surface area contributed by atoms with Gasteiger partial charge >= 0.3 is 0 Å². The summed E-state index contributed by atoms with van der Waals surface area (Å²) in [6.45, 7) is 7.81. The molecule has 2 aromatic carbocycles. The molecule has 0 bridgehead atoms. The van der Waals surface area contributed by atoms with E-state index in [0.717, 1.165) is 36.3 Å². The molecule has 1 heterocycles. The van der Waals surface area contributed by atoms with Crippen molar-refractivity contribution in [2.75, 3.05) is 7.11 Å². The Morgan fingerprint density at radius 2 is 1.88 bits per heavy atom. The highest BCUT2D eigenvalue weighted by atomic mass is 16.5. The van der Waals surface area contributed by atoms with Gasteiger partial charge in [0.25, 0.3) is 0 Å². The van der Waals surface area contributed by atoms with E-state index in [0.29, 0.717) is 0 Å². The van der Waals surface area contributed by atoms with E-state index >= 15 is 0 Å². The molecule has 0 spiro atoms. The van der Waals surface area contributed by atoms with Crippen LogP contribution in [0.5, 0.6) is 5.75 Å². The minimum absolute atomic E-state index is 0.0236. The maximum absolute atomic E-state index is 6.41. The Hall–Kier alpha value is -2.74. The molecule has 1 unspecified atom stereocenters. The van der Waals surface area contributed by atoms with Gasteiger partial charge in [-0.05, 0) is 35.2 Å². The van der Waals surface area contributed by atoms with Gasteiger partial charge in [-0.25, -0.2) is 0 Å². The number of hydrogen-bond acceptors (Lipinski definition) is 2. The lowest BCUT2D eigenvalue weighted by Crippen LogP contribution is -2.16. The fourth-order valence-electron chi connectivity index (χ4n) is 3.29. The molecule has 25 heavy (non-hydrogen) atoms. The van der Waals surface area contributed by atoms with Crippen LogP contribution in [0.1, 0.15) is 35.6 Å². The van der Waals surface area contributed by atoms with Crippen LogP contribution < -0.4 is 4.74 Å². The Morgan fingerprint density at radius 1 is 1.12 bits per heavy atom. The first-order valence-electron chi connectivity index (χ1n) is 8.59. The van der Waals surface area contributed by atoms with Crippen molar-refractivity contribution in [2.24, 2.45) is 0 Å². The average Bonchev–Trinajstić information content (AvgIpc) is 2.66. The normalized spacial score (nSPS) is 17.9. The number of methoxy groups -OCH3 is 1. The highest BCUT2D eigenvalue weighted by molar-refractivity contribution is 5.70. The standard InChI is InChI=1S/C23H24O2/c1-4-8-20(17-12-14-19(24-3)15-13-17)23-16-18-10-6-7-11-21(18)22(25-23)9-5-2/h4-7,10-15,22H,1-2,8-9,16H2,3H3/b23-20-. The monoisotopic (exact) mass is 332 g/mol. The van der Waals surface area contributed by atoms with Crippen molar-refractivity contribution in [3.05, 3.63) is 96.3 Å². The molecule has 3 rings (SSSR count). The van der Waals surface area contributed by atoms with E-state index in [2.05, 4.69) is 49.6 Å². The van der Waals surface area contributed by atoms with Crippen LogP contribution in [-0.4, -0.2) is 7.11 Å². The number of allylic oxidation sites excluding steroid dienone is 3. The van der Waals surface area contributed by atoms with E-state index < -0.39 is 0 Å². The zero-order valence-electron chi connectivity index (χ0n) is 14.7. The molecule has 2 nitrogen and oxygen atoms in total. The number of fused-ring (bicyclic) bond motifs is 1. The summed E-state index contributed by atoms with van der Waals surface area (Å²) in [6, 6.07) is 16.6. The molecule has 0 aliphatic carbocycles. The van der Waals surface area contributed by atoms with Crippen LogP contribution in [-0.2, 0) is 11.2 Å². The molecular formula is C23H24O2. The van der Waals surface area contributed by atoms with Crippen LogP contribution in [0.25, 0.3) is 5.57 Å². The molecule has 0 amide bonds. The van der Waals surface area contributed by atoms with Gasteiger partial charge in [0.2, 0.25) is 0 Å². The van der Waals surface area contributed by atoms with Crippen molar-refractivity contribution in [1.29, 1.82) is 0 Å². The zero-order valence-corrected chi connectivity index (χ0v) is 14.7. The van der Waals surface area contributed by atoms with Crippen molar-refractivity contribution in [2.45, 2.75) is 25.4 Å². The smallest absolute Gasteiger partial charge is 0.127 e. The second-order valence-electron chi connectivity index (χ2n) is 6.13. The van der Waals surface area contributed by atoms with Gasteiger partial charge in [0.1, 0.15) is 17.6 Å². The molecule has 1 atom stereocenters. The number of rotatable bonds is 6. The molecule has 2 aromatic rings. The van der Waals surface area contributed by atoms with Gasteiger partial charge in [-0.1, -0.05) is 48.6 Å². The lowest BCUT2D eigenvalue weighted by Gasteiger charge is -2.30. The van der Waals surface area contributed by atoms with Crippen LogP contribution in [0, 0.1) is 0 Å². The van der Waals surface area contributed by atoms with Crippen LogP contribution in [0.15, 0.2) is 79.6 Å². The summed E-state index contributed by atoms with van der Waals surface area (Å²) < 4.78 is 11.7. The zero-order chi connectivity index (χ0) is 17.6. The van der Waals surface area contributed by atoms with Crippen molar-refractivity contribution in [3.8, 4) is 5.75 Å². The second kappa shape index (κ2) is 7.89. The maximum Gasteiger partial charge on any atom is 0.127 e. The topological polar surface area (TPSA) is 18.5 Å². The number of ether oxygens (including phenoxy) is 2. The minimum Gasteiger partial charge on any atom is -0.497 e. The lowest BCUT2D eigenvalue weighted by atomic mass is 9.91. The molecule has 0 aromatic heterocycles. The minimum atomic E-state index is 0.0236. The Labute approximate surface area is 150 Å². The predicted molar refractivity (Wildman–Crippen MR) is 104 cm³/mol. The fraction of sp³-hybridized carbons (Fsp3) is 0.217. The van der Waals surface area contributed by atoms with E-state index in [-0.39, 0.29) is 6.10 Å². The third kappa shape index (κ3) is 3.69. The number of hydrogen-bond donors (Lipinski definition) is 0. The van der Waals surface area contributed by atoms with Crippen LogP contribution >= 0.6 is 0 Å². The average molecular weight is 332 g/mol. The molecule has 2 heteroatoms. The summed E-state index contributed by atoms with van der Waals surface area (Å²) >= 11 is 0. The number of benzene rings is 2. The summed E-state index contributed by atoms with van der Waals surface area (Å²) in [7, 11) is 1.68. The summed E-state index contributed by atoms with van der Waals surface area (Å²) in [5.74, 6) is 1.88. The first-order valence-corrected chi connectivity index (χ1v) is 8.59. The first kappa shape index (κ1) is 17.1. The van der Waals surface area contributed by atoms with Crippen LogP contribution in [0.4, 0.5) is 0 Å². The SMILES string of the molecule is C=CC/C(=C1\Cc2ccccc2C(CC=C)O1)c1ccc(OC)cc1. The van der Waals surface area contributed by atoms with E-state index in [4.69, 9.17) is 9.47 Å². The van der Waals surface area contributed by atoms with E-state index in [1.165, 1.54) is 16.7 Å². The van der Waals surface area contributed by atoms with Gasteiger partial charge < -0.3 is 9.47 Å². The Balaban J connectivity index is 2.04. The van der Waals surface area contributed by atoms with E-state index in [1.54, 1.807) is 7.11 Å². The highest BCUT2D eigenvalue weighted by Crippen LogP contribution is 2.38. The molecule has 0 saturated heterocycles. The summed E-state index contributed by atoms with van der Waals surface area (Å²) in [5, 5.41) is 0. The lowest BCUT2D eigenvalue weighted by molar-refractivity contribution is 0.104. The first-order chi connectivity index (χ1) is 12.3. The van der Waals surface area contributed by atoms with Crippen molar-refractivity contribution < 1.29 is 9.47 Å². The van der Waals surface area contributed by atoms with Crippen molar-refractivity contribution >= 4 is 5.57 Å². The predicted octanol–water partition coefficient (Wildman–Crippen LogP) is 5.87. The fourth-order valence-corrected chi connectivity index (χ4v) is 3.29. The Morgan fingerprint density at radius 3 is 2.56 bits per heavy atom. The second-order valence-corrected chi connectivity index (χ2v) is 6.13. The third-order valence-corrected chi connectivity index (χ3v) is 4.54. The summed E-state index contributed by atoms with van der Waals surface area (Å²) in [4.78, 5) is 0. The van der Waals surface area contributed by atoms with Crippen molar-refractivity contribution in [1.82, 2.24) is 0 Å². The Bertz CT molecular complexity index is 784. The third-order valence-electron chi connectivity index (χ3n) is 4.54. The molecule has 0 saturated carbocycles. The largest absolute Gasteiger partial charge is 0.497 e. The quantitative estimate of drug-likeness (QED) is 0.616. The van der Waals surface area contributed by atoms with Gasteiger partial charge in [-0.3, -0.25) is 0 Å². The van der Waals surface area contributed by atoms with Gasteiger partial charge in [-0.15, -0.1) is 13.2 Å². The maximum atomic E-state index is 6.41. The van der Waals surface area contributed by atoms with Gasteiger partial charge in [0, 0.05) is 18.4 Å². The molecule has 0 radical (unpaired) electrons. The van der Waals surface area contributed by atoms with Crippen LogP contribution in [0.2, 0.25) is 0 Å². The molecular weight excluding hydrogens is 308 g/mol. The van der Waals surface area contributed by atoms with E-state index in [1.807, 2.05) is 24.3 Å². The van der Waals surface area contributed by atoms with Gasteiger partial charge in [0.05, 0.1) is 7.11 Å². The van der Waals surface area contributed by atoms with Gasteiger partial charge in [0.15, 0.2) is 0 Å². The highest BCUT2D eigenvalue weighted by Gasteiger charge is 2.25. The molecule has 128 valence electrons. The molecule has 0 fully saturated rings. The van der Waals surface area contributed by atoms with Gasteiger partial charge in [-0.2, -0.15) is 0 Å². The van der Waals surface area contributed by atoms with Crippen LogP contribution in [0.3, 0.4) is 0 Å². The molecule has 1 aliphatic heterocycles.